The highest BCUT2D eigenvalue weighted by Crippen LogP contribution is 2.32. The normalized spacial score (nSPS) is 12.6. The van der Waals surface area contributed by atoms with Crippen LogP contribution in [0.2, 0.25) is 0 Å². The molecule has 26 heavy (non-hydrogen) atoms. The topological polar surface area (TPSA) is 94.1 Å². The van der Waals surface area contributed by atoms with E-state index in [9.17, 15) is 14.7 Å². The number of aromatic carboxylic acids is 1. The number of carboxylic acids is 1. The zero-order valence-corrected chi connectivity index (χ0v) is 14.4. The minimum Gasteiger partial charge on any atom is -0.489 e. The third kappa shape index (κ3) is 3.88. The molecule has 0 bridgehead atoms. The predicted molar refractivity (Wildman–Crippen MR) is 94.6 cm³/mol. The number of anilines is 1. The maximum absolute atomic E-state index is 12.6. The first-order valence-corrected chi connectivity index (χ1v) is 8.19. The molecule has 7 heteroatoms. The van der Waals surface area contributed by atoms with Gasteiger partial charge in [0.25, 0.3) is 5.91 Å². The van der Waals surface area contributed by atoms with E-state index in [1.54, 1.807) is 18.2 Å². The number of carboxylic acid groups (broad SMARTS) is 1. The first kappa shape index (κ1) is 17.6. The third-order valence-electron chi connectivity index (χ3n) is 3.64. The molecular weight excluding hydrogens is 338 g/mol. The van der Waals surface area contributed by atoms with Gasteiger partial charge in [-0.05, 0) is 50.2 Å². The van der Waals surface area contributed by atoms with Crippen LogP contribution in [-0.4, -0.2) is 36.3 Å². The number of rotatable bonds is 5. The van der Waals surface area contributed by atoms with Crippen molar-refractivity contribution in [2.45, 2.75) is 20.0 Å². The zero-order chi connectivity index (χ0) is 18.7. The number of ether oxygens (including phenoxy) is 3. The Morgan fingerprint density at radius 1 is 1.04 bits per heavy atom. The van der Waals surface area contributed by atoms with Crippen molar-refractivity contribution in [3.63, 3.8) is 0 Å². The van der Waals surface area contributed by atoms with Gasteiger partial charge in [-0.1, -0.05) is 0 Å². The van der Waals surface area contributed by atoms with Gasteiger partial charge in [0.1, 0.15) is 19.0 Å². The van der Waals surface area contributed by atoms with Crippen molar-refractivity contribution in [2.24, 2.45) is 0 Å². The molecule has 0 saturated carbocycles. The minimum atomic E-state index is -1.09. The van der Waals surface area contributed by atoms with Gasteiger partial charge in [-0.2, -0.15) is 0 Å². The Morgan fingerprint density at radius 3 is 2.42 bits per heavy atom. The van der Waals surface area contributed by atoms with Gasteiger partial charge in [0, 0.05) is 5.56 Å². The molecule has 3 rings (SSSR count). The molecule has 0 unspecified atom stereocenters. The van der Waals surface area contributed by atoms with Crippen molar-refractivity contribution in [1.82, 2.24) is 0 Å². The number of carbonyl (C=O) groups is 2. The second-order valence-electron chi connectivity index (χ2n) is 6.00. The Bertz CT molecular complexity index is 846. The van der Waals surface area contributed by atoms with E-state index >= 15 is 0 Å². The lowest BCUT2D eigenvalue weighted by atomic mass is 10.1. The summed E-state index contributed by atoms with van der Waals surface area (Å²) < 4.78 is 16.6. The lowest BCUT2D eigenvalue weighted by Crippen LogP contribution is -2.18. The highest BCUT2D eigenvalue weighted by atomic mass is 16.6. The highest BCUT2D eigenvalue weighted by molar-refractivity contribution is 6.06. The fraction of sp³-hybridized carbons (Fsp3) is 0.263. The van der Waals surface area contributed by atoms with E-state index in [0.717, 1.165) is 0 Å². The number of benzene rings is 2. The van der Waals surface area contributed by atoms with Crippen molar-refractivity contribution in [2.75, 3.05) is 18.5 Å². The molecule has 2 aromatic rings. The van der Waals surface area contributed by atoms with Crippen LogP contribution in [0.1, 0.15) is 34.6 Å². The van der Waals surface area contributed by atoms with E-state index in [1.165, 1.54) is 18.2 Å². The molecule has 0 aliphatic carbocycles. The Labute approximate surface area is 150 Å². The van der Waals surface area contributed by atoms with Gasteiger partial charge in [-0.25, -0.2) is 4.79 Å². The second kappa shape index (κ2) is 7.35. The molecule has 0 atom stereocenters. The molecule has 1 heterocycles. The van der Waals surface area contributed by atoms with E-state index in [0.29, 0.717) is 41.7 Å². The average Bonchev–Trinajstić information content (AvgIpc) is 2.62. The van der Waals surface area contributed by atoms with Crippen LogP contribution < -0.4 is 19.5 Å². The number of carbonyl (C=O) groups excluding carboxylic acids is 1. The number of fused-ring (bicyclic) bond motifs is 1. The van der Waals surface area contributed by atoms with Crippen LogP contribution in [0.3, 0.4) is 0 Å². The average molecular weight is 357 g/mol. The van der Waals surface area contributed by atoms with Crippen LogP contribution in [0.5, 0.6) is 17.2 Å². The van der Waals surface area contributed by atoms with Crippen LogP contribution in [-0.2, 0) is 0 Å². The minimum absolute atomic E-state index is 0.0542. The van der Waals surface area contributed by atoms with Gasteiger partial charge in [0.15, 0.2) is 11.5 Å². The summed E-state index contributed by atoms with van der Waals surface area (Å²) >= 11 is 0. The first-order chi connectivity index (χ1) is 12.4. The predicted octanol–water partition coefficient (Wildman–Crippen LogP) is 3.20. The molecule has 0 saturated heterocycles. The Kier molecular flexibility index (Phi) is 4.97. The van der Waals surface area contributed by atoms with Gasteiger partial charge >= 0.3 is 5.97 Å². The summed E-state index contributed by atoms with van der Waals surface area (Å²) in [5.41, 5.74) is 0.711. The van der Waals surface area contributed by atoms with E-state index in [4.69, 9.17) is 14.2 Å². The molecule has 1 aliphatic rings. The summed E-state index contributed by atoms with van der Waals surface area (Å²) in [5, 5.41) is 11.9. The quantitative estimate of drug-likeness (QED) is 0.853. The van der Waals surface area contributed by atoms with Crippen LogP contribution in [0.25, 0.3) is 0 Å². The molecule has 0 aromatic heterocycles. The number of amides is 1. The number of nitrogens with one attached hydrogen (secondary N) is 1. The summed E-state index contributed by atoms with van der Waals surface area (Å²) in [6, 6.07) is 9.21. The largest absolute Gasteiger partial charge is 0.489 e. The summed E-state index contributed by atoms with van der Waals surface area (Å²) in [7, 11) is 0. The number of hydrogen-bond acceptors (Lipinski definition) is 5. The van der Waals surface area contributed by atoms with Gasteiger partial charge in [-0.3, -0.25) is 4.79 Å². The summed E-state index contributed by atoms with van der Waals surface area (Å²) in [4.78, 5) is 23.8. The van der Waals surface area contributed by atoms with Crippen molar-refractivity contribution < 1.29 is 28.9 Å². The second-order valence-corrected chi connectivity index (χ2v) is 6.00. The van der Waals surface area contributed by atoms with Gasteiger partial charge < -0.3 is 24.6 Å². The maximum atomic E-state index is 12.6. The van der Waals surface area contributed by atoms with Crippen LogP contribution >= 0.6 is 0 Å². The molecule has 136 valence electrons. The standard InChI is InChI=1S/C19H19NO6/c1-11(2)26-15-5-4-13(19(22)23)9-14(15)20-18(21)12-3-6-16-17(10-12)25-8-7-24-16/h3-6,9-11H,7-8H2,1-2H3,(H,20,21)(H,22,23). The van der Waals surface area contributed by atoms with E-state index in [2.05, 4.69) is 5.32 Å². The number of hydrogen-bond donors (Lipinski definition) is 2. The van der Waals surface area contributed by atoms with Crippen LogP contribution in [0, 0.1) is 0 Å². The van der Waals surface area contributed by atoms with Crippen molar-refractivity contribution in [1.29, 1.82) is 0 Å². The molecule has 2 N–H and O–H groups in total. The third-order valence-corrected chi connectivity index (χ3v) is 3.64. The van der Waals surface area contributed by atoms with Gasteiger partial charge in [-0.15, -0.1) is 0 Å². The maximum Gasteiger partial charge on any atom is 0.335 e. The summed E-state index contributed by atoms with van der Waals surface area (Å²) in [6.45, 7) is 4.58. The zero-order valence-electron chi connectivity index (χ0n) is 14.4. The molecule has 0 spiro atoms. The van der Waals surface area contributed by atoms with Crippen molar-refractivity contribution in [3.8, 4) is 17.2 Å². The lowest BCUT2D eigenvalue weighted by molar-refractivity contribution is 0.0696. The summed E-state index contributed by atoms with van der Waals surface area (Å²) in [5.74, 6) is -0.00344. The Morgan fingerprint density at radius 2 is 1.73 bits per heavy atom. The molecule has 1 amide bonds. The molecular formula is C19H19NO6. The molecule has 0 fully saturated rings. The monoisotopic (exact) mass is 357 g/mol. The SMILES string of the molecule is CC(C)Oc1ccc(C(=O)O)cc1NC(=O)c1ccc2c(c1)OCCO2. The molecule has 0 radical (unpaired) electrons. The molecule has 1 aliphatic heterocycles. The first-order valence-electron chi connectivity index (χ1n) is 8.19. The lowest BCUT2D eigenvalue weighted by Gasteiger charge is -2.19. The van der Waals surface area contributed by atoms with E-state index < -0.39 is 11.9 Å². The van der Waals surface area contributed by atoms with Crippen LogP contribution in [0.4, 0.5) is 5.69 Å². The smallest absolute Gasteiger partial charge is 0.335 e. The fourth-order valence-electron chi connectivity index (χ4n) is 2.50. The van der Waals surface area contributed by atoms with Crippen molar-refractivity contribution in [3.05, 3.63) is 47.5 Å². The fourth-order valence-corrected chi connectivity index (χ4v) is 2.50. The highest BCUT2D eigenvalue weighted by Gasteiger charge is 2.17. The van der Waals surface area contributed by atoms with E-state index in [-0.39, 0.29) is 11.7 Å². The van der Waals surface area contributed by atoms with Gasteiger partial charge in [0.05, 0.1) is 17.4 Å². The Hall–Kier alpha value is -3.22. The van der Waals surface area contributed by atoms with Crippen molar-refractivity contribution >= 4 is 17.6 Å². The molecule has 2 aromatic carbocycles. The summed E-state index contributed by atoms with van der Waals surface area (Å²) in [6.07, 6.45) is -0.129. The van der Waals surface area contributed by atoms with E-state index in [1.807, 2.05) is 13.8 Å². The van der Waals surface area contributed by atoms with Gasteiger partial charge in [0.2, 0.25) is 0 Å². The van der Waals surface area contributed by atoms with Crippen LogP contribution in [0.15, 0.2) is 36.4 Å². The molecule has 7 nitrogen and oxygen atoms in total. The Balaban J connectivity index is 1.87.